The Balaban J connectivity index is 1.64. The Bertz CT molecular complexity index is 892. The molecule has 3 rings (SSSR count). The lowest BCUT2D eigenvalue weighted by atomic mass is 10.2. The van der Waals surface area contributed by atoms with Crippen molar-refractivity contribution in [2.75, 3.05) is 10.6 Å². The molecule has 0 fully saturated rings. The third kappa shape index (κ3) is 4.98. The highest BCUT2D eigenvalue weighted by molar-refractivity contribution is 6.03. The number of rotatable bonds is 7. The van der Waals surface area contributed by atoms with Crippen LogP contribution >= 0.6 is 0 Å². The fourth-order valence-electron chi connectivity index (χ4n) is 2.48. The van der Waals surface area contributed by atoms with E-state index in [1.807, 2.05) is 25.1 Å². The highest BCUT2D eigenvalue weighted by Gasteiger charge is 2.18. The summed E-state index contributed by atoms with van der Waals surface area (Å²) in [6.07, 6.45) is 1.34. The van der Waals surface area contributed by atoms with Crippen LogP contribution in [-0.2, 0) is 4.79 Å². The molecule has 2 aromatic carbocycles. The summed E-state index contributed by atoms with van der Waals surface area (Å²) in [7, 11) is 0. The van der Waals surface area contributed by atoms with Crippen LogP contribution in [0.5, 0.6) is 5.75 Å². The number of furan rings is 1. The van der Waals surface area contributed by atoms with Gasteiger partial charge < -0.3 is 19.8 Å². The number of amides is 2. The minimum atomic E-state index is -0.617. The molecule has 3 aromatic rings. The third-order valence-electron chi connectivity index (χ3n) is 3.82. The zero-order valence-corrected chi connectivity index (χ0v) is 14.8. The minimum absolute atomic E-state index is 0.215. The summed E-state index contributed by atoms with van der Waals surface area (Å²) in [6.45, 7) is 1.88. The number of para-hydroxylation sites is 1. The number of ether oxygens (including phenoxy) is 1. The van der Waals surface area contributed by atoms with Gasteiger partial charge in [-0.2, -0.15) is 0 Å². The van der Waals surface area contributed by atoms with Gasteiger partial charge in [0, 0.05) is 11.4 Å². The minimum Gasteiger partial charge on any atom is -0.481 e. The summed E-state index contributed by atoms with van der Waals surface area (Å²) in [5.74, 6) is 0.240. The van der Waals surface area contributed by atoms with Gasteiger partial charge in [0.25, 0.3) is 11.8 Å². The molecule has 1 aromatic heterocycles. The predicted molar refractivity (Wildman–Crippen MR) is 103 cm³/mol. The van der Waals surface area contributed by atoms with Crippen molar-refractivity contribution in [1.82, 2.24) is 0 Å². The van der Waals surface area contributed by atoms with Crippen LogP contribution in [0.3, 0.4) is 0 Å². The molecule has 0 aliphatic carbocycles. The maximum atomic E-state index is 12.5. The first-order valence-electron chi connectivity index (χ1n) is 8.63. The van der Waals surface area contributed by atoms with Crippen LogP contribution in [0.15, 0.2) is 77.4 Å². The zero-order chi connectivity index (χ0) is 19.1. The lowest BCUT2D eigenvalue weighted by Crippen LogP contribution is -2.32. The predicted octanol–water partition coefficient (Wildman–Crippen LogP) is 4.33. The molecule has 6 heteroatoms. The Labute approximate surface area is 157 Å². The van der Waals surface area contributed by atoms with Crippen LogP contribution in [0, 0.1) is 0 Å². The van der Waals surface area contributed by atoms with Gasteiger partial charge in [0.1, 0.15) is 5.75 Å². The van der Waals surface area contributed by atoms with Crippen molar-refractivity contribution in [2.24, 2.45) is 0 Å². The second-order valence-corrected chi connectivity index (χ2v) is 5.83. The molecule has 0 saturated heterocycles. The maximum Gasteiger partial charge on any atom is 0.291 e. The van der Waals surface area contributed by atoms with E-state index in [-0.39, 0.29) is 17.6 Å². The van der Waals surface area contributed by atoms with Gasteiger partial charge >= 0.3 is 0 Å². The number of anilines is 2. The number of carbonyl (C=O) groups excluding carboxylic acids is 2. The van der Waals surface area contributed by atoms with Gasteiger partial charge in [0.15, 0.2) is 11.9 Å². The van der Waals surface area contributed by atoms with E-state index in [1.54, 1.807) is 48.5 Å². The van der Waals surface area contributed by atoms with Gasteiger partial charge in [0.05, 0.1) is 6.26 Å². The largest absolute Gasteiger partial charge is 0.481 e. The van der Waals surface area contributed by atoms with E-state index >= 15 is 0 Å². The molecule has 138 valence electrons. The molecule has 2 N–H and O–H groups in total. The van der Waals surface area contributed by atoms with E-state index in [0.29, 0.717) is 23.5 Å². The third-order valence-corrected chi connectivity index (χ3v) is 3.82. The van der Waals surface area contributed by atoms with Crippen molar-refractivity contribution >= 4 is 23.2 Å². The summed E-state index contributed by atoms with van der Waals surface area (Å²) in [5.41, 5.74) is 1.11. The number of nitrogens with one attached hydrogen (secondary N) is 2. The van der Waals surface area contributed by atoms with E-state index in [1.165, 1.54) is 6.26 Å². The number of benzene rings is 2. The SMILES string of the molecule is CCC(Oc1ccccc1)C(=O)Nc1cccc(NC(=O)c2ccco2)c1. The van der Waals surface area contributed by atoms with Gasteiger partial charge in [-0.15, -0.1) is 0 Å². The molecule has 1 unspecified atom stereocenters. The molecule has 0 bridgehead atoms. The van der Waals surface area contributed by atoms with Crippen molar-refractivity contribution in [3.8, 4) is 5.75 Å². The smallest absolute Gasteiger partial charge is 0.291 e. The summed E-state index contributed by atoms with van der Waals surface area (Å²) < 4.78 is 10.8. The monoisotopic (exact) mass is 364 g/mol. The first kappa shape index (κ1) is 18.3. The second kappa shape index (κ2) is 8.71. The van der Waals surface area contributed by atoms with Crippen molar-refractivity contribution in [2.45, 2.75) is 19.4 Å². The van der Waals surface area contributed by atoms with Crippen molar-refractivity contribution in [1.29, 1.82) is 0 Å². The van der Waals surface area contributed by atoms with Gasteiger partial charge in [0.2, 0.25) is 0 Å². The van der Waals surface area contributed by atoms with Crippen molar-refractivity contribution in [3.63, 3.8) is 0 Å². The summed E-state index contributed by atoms with van der Waals surface area (Å²) >= 11 is 0. The van der Waals surface area contributed by atoms with Crippen LogP contribution < -0.4 is 15.4 Å². The lowest BCUT2D eigenvalue weighted by Gasteiger charge is -2.17. The Morgan fingerprint density at radius 1 is 0.963 bits per heavy atom. The molecule has 0 radical (unpaired) electrons. The highest BCUT2D eigenvalue weighted by Crippen LogP contribution is 2.18. The average molecular weight is 364 g/mol. The van der Waals surface area contributed by atoms with Crippen molar-refractivity contribution in [3.05, 3.63) is 78.8 Å². The topological polar surface area (TPSA) is 80.6 Å². The molecule has 2 amide bonds. The molecule has 6 nitrogen and oxygen atoms in total. The highest BCUT2D eigenvalue weighted by atomic mass is 16.5. The maximum absolute atomic E-state index is 12.5. The quantitative estimate of drug-likeness (QED) is 0.654. The van der Waals surface area contributed by atoms with E-state index < -0.39 is 6.10 Å². The van der Waals surface area contributed by atoms with Gasteiger partial charge in [-0.3, -0.25) is 9.59 Å². The van der Waals surface area contributed by atoms with Gasteiger partial charge in [-0.05, 0) is 48.9 Å². The second-order valence-electron chi connectivity index (χ2n) is 5.83. The van der Waals surface area contributed by atoms with Crippen molar-refractivity contribution < 1.29 is 18.7 Å². The summed E-state index contributed by atoms with van der Waals surface area (Å²) in [4.78, 5) is 24.6. The van der Waals surface area contributed by atoms with Crippen LogP contribution in [0.4, 0.5) is 11.4 Å². The van der Waals surface area contributed by atoms with Crippen LogP contribution in [-0.4, -0.2) is 17.9 Å². The van der Waals surface area contributed by atoms with E-state index in [4.69, 9.17) is 9.15 Å². The molecule has 0 spiro atoms. The molecular formula is C21H20N2O4. The molecule has 1 heterocycles. The summed E-state index contributed by atoms with van der Waals surface area (Å²) in [5, 5.41) is 5.55. The average Bonchev–Trinajstić information content (AvgIpc) is 3.22. The first-order chi connectivity index (χ1) is 13.2. The van der Waals surface area contributed by atoms with Gasteiger partial charge in [-0.25, -0.2) is 0 Å². The summed E-state index contributed by atoms with van der Waals surface area (Å²) in [6, 6.07) is 19.3. The Kier molecular flexibility index (Phi) is 5.89. The van der Waals surface area contributed by atoms with Crippen LogP contribution in [0.25, 0.3) is 0 Å². The van der Waals surface area contributed by atoms with Gasteiger partial charge in [-0.1, -0.05) is 31.2 Å². The Morgan fingerprint density at radius 2 is 1.70 bits per heavy atom. The fourth-order valence-corrected chi connectivity index (χ4v) is 2.48. The van der Waals surface area contributed by atoms with Crippen LogP contribution in [0.1, 0.15) is 23.9 Å². The van der Waals surface area contributed by atoms with E-state index in [2.05, 4.69) is 10.6 Å². The number of hydrogen-bond donors (Lipinski definition) is 2. The van der Waals surface area contributed by atoms with E-state index in [0.717, 1.165) is 0 Å². The molecular weight excluding hydrogens is 344 g/mol. The molecule has 0 saturated carbocycles. The first-order valence-corrected chi connectivity index (χ1v) is 8.63. The molecule has 27 heavy (non-hydrogen) atoms. The molecule has 0 aliphatic rings. The molecule has 1 atom stereocenters. The lowest BCUT2D eigenvalue weighted by molar-refractivity contribution is -0.122. The Hall–Kier alpha value is -3.54. The zero-order valence-electron chi connectivity index (χ0n) is 14.8. The normalized spacial score (nSPS) is 11.4. The van der Waals surface area contributed by atoms with E-state index in [9.17, 15) is 9.59 Å². The number of hydrogen-bond acceptors (Lipinski definition) is 4. The fraction of sp³-hybridized carbons (Fsp3) is 0.143. The standard InChI is InChI=1S/C21H20N2O4/c1-2-18(27-17-10-4-3-5-11-17)20(24)22-15-8-6-9-16(14-15)23-21(25)19-12-7-13-26-19/h3-14,18H,2H2,1H3,(H,22,24)(H,23,25). The van der Waals surface area contributed by atoms with Crippen LogP contribution in [0.2, 0.25) is 0 Å². The molecule has 0 aliphatic heterocycles. The Morgan fingerprint density at radius 3 is 2.37 bits per heavy atom. The number of carbonyl (C=O) groups is 2.